The fraction of sp³-hybridized carbons (Fsp3) is 0.394. The van der Waals surface area contributed by atoms with Crippen molar-refractivity contribution < 1.29 is 0 Å². The van der Waals surface area contributed by atoms with Crippen molar-refractivity contribution in [1.29, 1.82) is 0 Å². The first-order valence-electron chi connectivity index (χ1n) is 13.1. The minimum atomic E-state index is 0.155. The molecule has 0 amide bonds. The standard InChI is InChI=1S/C33H43N/c1-6-8-12-15-26(3)31-23-22-30(25-32(31)33(4,5)24-9-7-2)34-29-20-18-28(19-21-29)27-16-13-10-11-14-17-27/h8,10-13,16-23,25-26,34H,6-7,9,14-15,24H2,1-5H3/b12-8-. The van der Waals surface area contributed by atoms with E-state index in [9.17, 15) is 0 Å². The molecule has 0 bridgehead atoms. The molecule has 0 aliphatic heterocycles. The van der Waals surface area contributed by atoms with Gasteiger partial charge in [0.05, 0.1) is 0 Å². The van der Waals surface area contributed by atoms with E-state index in [2.05, 4.69) is 125 Å². The lowest BCUT2D eigenvalue weighted by Crippen LogP contribution is -2.20. The number of benzene rings is 2. The van der Waals surface area contributed by atoms with Crippen molar-refractivity contribution in [3.8, 4) is 0 Å². The highest BCUT2D eigenvalue weighted by Gasteiger charge is 2.25. The SMILES string of the molecule is CC/C=C\CC(C)c1ccc(Nc2ccc(C3=CCC=CC=C3)cc2)cc1C(C)(C)CCCC. The number of hydrogen-bond acceptors (Lipinski definition) is 1. The van der Waals surface area contributed by atoms with Gasteiger partial charge in [-0.25, -0.2) is 0 Å². The predicted molar refractivity (Wildman–Crippen MR) is 152 cm³/mol. The van der Waals surface area contributed by atoms with E-state index >= 15 is 0 Å². The Balaban J connectivity index is 1.84. The summed E-state index contributed by atoms with van der Waals surface area (Å²) >= 11 is 0. The molecule has 0 fully saturated rings. The van der Waals surface area contributed by atoms with Crippen LogP contribution in [0.3, 0.4) is 0 Å². The van der Waals surface area contributed by atoms with E-state index in [-0.39, 0.29) is 5.41 Å². The van der Waals surface area contributed by atoms with Crippen LogP contribution in [0.25, 0.3) is 5.57 Å². The molecule has 1 aliphatic rings. The fourth-order valence-corrected chi connectivity index (χ4v) is 4.70. The van der Waals surface area contributed by atoms with Crippen LogP contribution >= 0.6 is 0 Å². The number of anilines is 2. The van der Waals surface area contributed by atoms with Crippen molar-refractivity contribution in [3.05, 3.63) is 102 Å². The van der Waals surface area contributed by atoms with Gasteiger partial charge in [-0.1, -0.05) is 108 Å². The first kappa shape index (κ1) is 25.8. The van der Waals surface area contributed by atoms with E-state index < -0.39 is 0 Å². The fourth-order valence-electron chi connectivity index (χ4n) is 4.70. The third-order valence-corrected chi connectivity index (χ3v) is 6.86. The van der Waals surface area contributed by atoms with Gasteiger partial charge in [-0.05, 0) is 83.5 Å². The summed E-state index contributed by atoms with van der Waals surface area (Å²) in [6.45, 7) is 11.7. The molecule has 0 aromatic heterocycles. The maximum absolute atomic E-state index is 3.67. The van der Waals surface area contributed by atoms with E-state index in [4.69, 9.17) is 0 Å². The van der Waals surface area contributed by atoms with Crippen LogP contribution in [0.1, 0.15) is 95.8 Å². The molecule has 0 radical (unpaired) electrons. The first-order valence-corrected chi connectivity index (χ1v) is 13.1. The summed E-state index contributed by atoms with van der Waals surface area (Å²) in [6, 6.07) is 15.8. The molecule has 1 N–H and O–H groups in total. The van der Waals surface area contributed by atoms with Crippen LogP contribution in [0.5, 0.6) is 0 Å². The second-order valence-electron chi connectivity index (χ2n) is 10.2. The lowest BCUT2D eigenvalue weighted by atomic mass is 9.75. The van der Waals surface area contributed by atoms with Crippen LogP contribution in [0.2, 0.25) is 0 Å². The molecule has 1 heteroatoms. The molecule has 1 aliphatic carbocycles. The summed E-state index contributed by atoms with van der Waals surface area (Å²) in [5, 5.41) is 3.67. The molecule has 2 aromatic rings. The van der Waals surface area contributed by atoms with Crippen LogP contribution in [0.15, 0.2) is 85.0 Å². The molecule has 0 saturated heterocycles. The molecule has 0 heterocycles. The van der Waals surface area contributed by atoms with Crippen molar-refractivity contribution in [2.24, 2.45) is 0 Å². The van der Waals surface area contributed by atoms with Gasteiger partial charge in [0.15, 0.2) is 0 Å². The Morgan fingerprint density at radius 1 is 0.971 bits per heavy atom. The molecule has 0 saturated carbocycles. The van der Waals surface area contributed by atoms with Gasteiger partial charge in [0, 0.05) is 11.4 Å². The Labute approximate surface area is 208 Å². The Morgan fingerprint density at radius 2 is 1.74 bits per heavy atom. The monoisotopic (exact) mass is 453 g/mol. The Morgan fingerprint density at radius 3 is 2.47 bits per heavy atom. The third-order valence-electron chi connectivity index (χ3n) is 6.86. The van der Waals surface area contributed by atoms with E-state index in [0.717, 1.165) is 24.9 Å². The topological polar surface area (TPSA) is 12.0 Å². The van der Waals surface area contributed by atoms with E-state index in [1.54, 1.807) is 0 Å². The van der Waals surface area contributed by atoms with Gasteiger partial charge in [-0.3, -0.25) is 0 Å². The molecule has 3 rings (SSSR count). The second-order valence-corrected chi connectivity index (χ2v) is 10.2. The second kappa shape index (κ2) is 12.6. The molecule has 1 unspecified atom stereocenters. The Kier molecular flexibility index (Phi) is 9.57. The van der Waals surface area contributed by atoms with E-state index in [1.807, 2.05) is 0 Å². The number of rotatable bonds is 11. The summed E-state index contributed by atoms with van der Waals surface area (Å²) in [6.07, 6.45) is 22.4. The van der Waals surface area contributed by atoms with E-state index in [1.165, 1.54) is 47.2 Å². The molecular formula is C33H43N. The summed E-state index contributed by atoms with van der Waals surface area (Å²) in [4.78, 5) is 0. The summed E-state index contributed by atoms with van der Waals surface area (Å²) in [7, 11) is 0. The minimum absolute atomic E-state index is 0.155. The van der Waals surface area contributed by atoms with Crippen molar-refractivity contribution in [2.75, 3.05) is 5.32 Å². The lowest BCUT2D eigenvalue weighted by molar-refractivity contribution is 0.451. The van der Waals surface area contributed by atoms with Gasteiger partial charge in [0.1, 0.15) is 0 Å². The smallest absolute Gasteiger partial charge is 0.0387 e. The van der Waals surface area contributed by atoms with Crippen LogP contribution < -0.4 is 5.32 Å². The van der Waals surface area contributed by atoms with Crippen LogP contribution in [0, 0.1) is 0 Å². The maximum Gasteiger partial charge on any atom is 0.0387 e. The van der Waals surface area contributed by atoms with Gasteiger partial charge < -0.3 is 5.32 Å². The molecule has 1 atom stereocenters. The van der Waals surface area contributed by atoms with E-state index in [0.29, 0.717) is 5.92 Å². The highest BCUT2D eigenvalue weighted by atomic mass is 14.9. The Bertz CT molecular complexity index is 1030. The average Bonchev–Trinajstić information content (AvgIpc) is 3.13. The van der Waals surface area contributed by atoms with Gasteiger partial charge in [-0.15, -0.1) is 0 Å². The minimum Gasteiger partial charge on any atom is -0.356 e. The molecule has 180 valence electrons. The maximum atomic E-state index is 3.67. The summed E-state index contributed by atoms with van der Waals surface area (Å²) < 4.78 is 0. The van der Waals surface area contributed by atoms with Gasteiger partial charge >= 0.3 is 0 Å². The summed E-state index contributed by atoms with van der Waals surface area (Å²) in [5.74, 6) is 0.516. The van der Waals surface area contributed by atoms with Crippen LogP contribution in [-0.2, 0) is 5.41 Å². The highest BCUT2D eigenvalue weighted by Crippen LogP contribution is 2.38. The zero-order valence-corrected chi connectivity index (χ0v) is 21.9. The molecule has 2 aromatic carbocycles. The number of nitrogens with one attached hydrogen (secondary N) is 1. The molecule has 34 heavy (non-hydrogen) atoms. The summed E-state index contributed by atoms with van der Waals surface area (Å²) in [5.41, 5.74) is 7.98. The van der Waals surface area contributed by atoms with Crippen molar-refractivity contribution in [2.45, 2.75) is 84.5 Å². The number of hydrogen-bond donors (Lipinski definition) is 1. The first-order chi connectivity index (χ1) is 16.4. The van der Waals surface area contributed by atoms with Gasteiger partial charge in [-0.2, -0.15) is 0 Å². The zero-order chi connectivity index (χ0) is 24.4. The predicted octanol–water partition coefficient (Wildman–Crippen LogP) is 10.3. The van der Waals surface area contributed by atoms with Crippen molar-refractivity contribution in [1.82, 2.24) is 0 Å². The molecule has 0 spiro atoms. The third kappa shape index (κ3) is 7.10. The number of unbranched alkanes of at least 4 members (excludes halogenated alkanes) is 1. The van der Waals surface area contributed by atoms with Crippen LogP contribution in [0.4, 0.5) is 11.4 Å². The van der Waals surface area contributed by atoms with Crippen molar-refractivity contribution >= 4 is 16.9 Å². The lowest BCUT2D eigenvalue weighted by Gasteiger charge is -2.30. The molecule has 1 nitrogen and oxygen atoms in total. The zero-order valence-electron chi connectivity index (χ0n) is 21.9. The van der Waals surface area contributed by atoms with Gasteiger partial charge in [0.2, 0.25) is 0 Å². The Hall–Kier alpha value is -2.80. The molecular weight excluding hydrogens is 410 g/mol. The highest BCUT2D eigenvalue weighted by molar-refractivity contribution is 5.76. The average molecular weight is 454 g/mol. The van der Waals surface area contributed by atoms with Crippen molar-refractivity contribution in [3.63, 3.8) is 0 Å². The van der Waals surface area contributed by atoms with Gasteiger partial charge in [0.25, 0.3) is 0 Å². The number of allylic oxidation sites excluding steroid dienone is 8. The normalized spacial score (nSPS) is 14.8. The van der Waals surface area contributed by atoms with Crippen LogP contribution in [-0.4, -0.2) is 0 Å². The quantitative estimate of drug-likeness (QED) is 0.334. The largest absolute Gasteiger partial charge is 0.356 e.